The van der Waals surface area contributed by atoms with Crippen LogP contribution < -0.4 is 4.72 Å². The molecule has 1 saturated heterocycles. The summed E-state index contributed by atoms with van der Waals surface area (Å²) in [7, 11) is -3.47. The number of rotatable bonds is 5. The molecule has 158 valence electrons. The van der Waals surface area contributed by atoms with Crippen LogP contribution in [0.3, 0.4) is 0 Å². The fraction of sp³-hybridized carbons (Fsp3) is 0.571. The highest BCUT2D eigenvalue weighted by atomic mass is 32.2. The smallest absolute Gasteiger partial charge is 0.279 e. The topological polar surface area (TPSA) is 87.5 Å². The molecular formula is C21H30N4O3S. The first-order valence-corrected chi connectivity index (χ1v) is 11.7. The Morgan fingerprint density at radius 1 is 1.24 bits per heavy atom. The van der Waals surface area contributed by atoms with E-state index in [2.05, 4.69) is 26.4 Å². The van der Waals surface area contributed by atoms with E-state index in [-0.39, 0.29) is 6.04 Å². The van der Waals surface area contributed by atoms with Crippen molar-refractivity contribution in [1.82, 2.24) is 18.6 Å². The SMILES string of the molecule is CC(C)(C)NS(=O)(=O)N1CCC(CC(O)C2c3ccccc3-c3cncn32)CC1. The van der Waals surface area contributed by atoms with Crippen LogP contribution in [0.1, 0.15) is 51.6 Å². The van der Waals surface area contributed by atoms with E-state index in [1.165, 1.54) is 4.31 Å². The Hall–Kier alpha value is -1.74. The molecule has 0 amide bonds. The first-order valence-electron chi connectivity index (χ1n) is 10.2. The summed E-state index contributed by atoms with van der Waals surface area (Å²) < 4.78 is 31.4. The van der Waals surface area contributed by atoms with Crippen molar-refractivity contribution in [3.05, 3.63) is 42.4 Å². The number of aromatic nitrogens is 2. The van der Waals surface area contributed by atoms with Gasteiger partial charge in [0.1, 0.15) is 0 Å². The molecule has 0 spiro atoms. The highest BCUT2D eigenvalue weighted by Crippen LogP contribution is 2.42. The number of benzene rings is 1. The molecular weight excluding hydrogens is 388 g/mol. The molecule has 1 fully saturated rings. The maximum Gasteiger partial charge on any atom is 0.279 e. The number of fused-ring (bicyclic) bond motifs is 3. The summed E-state index contributed by atoms with van der Waals surface area (Å²) in [5, 5.41) is 11.1. The van der Waals surface area contributed by atoms with Gasteiger partial charge in [-0.3, -0.25) is 0 Å². The summed E-state index contributed by atoms with van der Waals surface area (Å²) in [4.78, 5) is 4.26. The molecule has 0 saturated carbocycles. The van der Waals surface area contributed by atoms with E-state index in [4.69, 9.17) is 0 Å². The minimum atomic E-state index is -3.47. The second-order valence-corrected chi connectivity index (χ2v) is 10.9. The highest BCUT2D eigenvalue weighted by Gasteiger charge is 2.36. The van der Waals surface area contributed by atoms with Gasteiger partial charge in [0, 0.05) is 24.2 Å². The molecule has 4 rings (SSSR count). The van der Waals surface area contributed by atoms with Gasteiger partial charge >= 0.3 is 0 Å². The highest BCUT2D eigenvalue weighted by molar-refractivity contribution is 7.87. The first kappa shape index (κ1) is 20.5. The number of nitrogens with one attached hydrogen (secondary N) is 1. The number of aliphatic hydroxyl groups excluding tert-OH is 1. The molecule has 7 nitrogen and oxygen atoms in total. The lowest BCUT2D eigenvalue weighted by atomic mass is 9.88. The number of imidazole rings is 1. The van der Waals surface area contributed by atoms with Crippen LogP contribution >= 0.6 is 0 Å². The zero-order chi connectivity index (χ0) is 20.8. The van der Waals surface area contributed by atoms with Crippen LogP contribution in [-0.4, -0.2) is 52.1 Å². The summed E-state index contributed by atoms with van der Waals surface area (Å²) >= 11 is 0. The van der Waals surface area contributed by atoms with Gasteiger partial charge in [-0.2, -0.15) is 17.4 Å². The van der Waals surface area contributed by atoms with Crippen LogP contribution in [0.25, 0.3) is 11.3 Å². The predicted octanol–water partition coefficient (Wildman–Crippen LogP) is 2.55. The molecule has 3 heterocycles. The maximum absolute atomic E-state index is 12.5. The Balaban J connectivity index is 1.41. The monoisotopic (exact) mass is 418 g/mol. The fourth-order valence-corrected chi connectivity index (χ4v) is 6.17. The largest absolute Gasteiger partial charge is 0.391 e. The van der Waals surface area contributed by atoms with Crippen molar-refractivity contribution in [3.63, 3.8) is 0 Å². The van der Waals surface area contributed by atoms with Gasteiger partial charge < -0.3 is 9.67 Å². The van der Waals surface area contributed by atoms with E-state index in [1.807, 2.05) is 39.1 Å². The standard InChI is InChI=1S/C21H30N4O3S/c1-21(2,3)23-29(27,28)24-10-8-15(9-11-24)12-19(26)20-17-7-5-4-6-16(17)18-13-22-14-25(18)20/h4-7,13-15,19-20,23,26H,8-12H2,1-3H3. The van der Waals surface area contributed by atoms with E-state index < -0.39 is 21.9 Å². The van der Waals surface area contributed by atoms with E-state index in [0.717, 1.165) is 29.7 Å². The lowest BCUT2D eigenvalue weighted by Gasteiger charge is -2.35. The van der Waals surface area contributed by atoms with Gasteiger partial charge in [0.2, 0.25) is 0 Å². The molecule has 2 atom stereocenters. The van der Waals surface area contributed by atoms with Gasteiger partial charge in [0.25, 0.3) is 10.2 Å². The molecule has 0 aliphatic carbocycles. The second-order valence-electron chi connectivity index (χ2n) is 9.22. The molecule has 0 radical (unpaired) electrons. The number of piperidine rings is 1. The Kier molecular flexibility index (Phi) is 5.31. The summed E-state index contributed by atoms with van der Waals surface area (Å²) in [6, 6.07) is 8.02. The number of nitrogens with zero attached hydrogens (tertiary/aromatic N) is 3. The molecule has 2 unspecified atom stereocenters. The van der Waals surface area contributed by atoms with E-state index in [9.17, 15) is 13.5 Å². The van der Waals surface area contributed by atoms with Crippen LogP contribution in [0, 0.1) is 5.92 Å². The van der Waals surface area contributed by atoms with Crippen molar-refractivity contribution >= 4 is 10.2 Å². The Morgan fingerprint density at radius 3 is 2.62 bits per heavy atom. The summed E-state index contributed by atoms with van der Waals surface area (Å²) in [6.45, 7) is 6.51. The molecule has 0 bridgehead atoms. The van der Waals surface area contributed by atoms with Crippen LogP contribution in [0.15, 0.2) is 36.8 Å². The average Bonchev–Trinajstić information content (AvgIpc) is 3.20. The molecule has 2 aliphatic heterocycles. The fourth-order valence-electron chi connectivity index (χ4n) is 4.57. The summed E-state index contributed by atoms with van der Waals surface area (Å²) in [6.07, 6.45) is 5.26. The lowest BCUT2D eigenvalue weighted by Crippen LogP contribution is -2.51. The number of hydrogen-bond acceptors (Lipinski definition) is 4. The van der Waals surface area contributed by atoms with Gasteiger partial charge in [-0.15, -0.1) is 0 Å². The van der Waals surface area contributed by atoms with E-state index >= 15 is 0 Å². The zero-order valence-electron chi connectivity index (χ0n) is 17.2. The maximum atomic E-state index is 12.5. The third-order valence-corrected chi connectivity index (χ3v) is 7.72. The van der Waals surface area contributed by atoms with Crippen molar-refractivity contribution in [2.75, 3.05) is 13.1 Å². The summed E-state index contributed by atoms with van der Waals surface area (Å²) in [5.74, 6) is 0.297. The zero-order valence-corrected chi connectivity index (χ0v) is 18.1. The van der Waals surface area contributed by atoms with Crippen LogP contribution in [-0.2, 0) is 10.2 Å². The third-order valence-electron chi connectivity index (χ3n) is 5.81. The third kappa shape index (κ3) is 4.12. The van der Waals surface area contributed by atoms with Gasteiger partial charge in [0.05, 0.1) is 30.4 Å². The predicted molar refractivity (Wildman–Crippen MR) is 113 cm³/mol. The summed E-state index contributed by atoms with van der Waals surface area (Å²) in [5.41, 5.74) is 2.80. The quantitative estimate of drug-likeness (QED) is 0.781. The van der Waals surface area contributed by atoms with E-state index in [1.54, 1.807) is 6.33 Å². The normalized spacial score (nSPS) is 21.7. The Bertz CT molecular complexity index is 972. The Morgan fingerprint density at radius 2 is 1.93 bits per heavy atom. The minimum Gasteiger partial charge on any atom is -0.391 e. The first-order chi connectivity index (χ1) is 13.7. The number of hydrogen-bond donors (Lipinski definition) is 2. The Labute approximate surface area is 172 Å². The van der Waals surface area contributed by atoms with Crippen LogP contribution in [0.5, 0.6) is 0 Å². The second kappa shape index (κ2) is 7.50. The van der Waals surface area contributed by atoms with Crippen LogP contribution in [0.4, 0.5) is 0 Å². The van der Waals surface area contributed by atoms with Crippen molar-refractivity contribution in [2.24, 2.45) is 5.92 Å². The molecule has 2 N–H and O–H groups in total. The van der Waals surface area contributed by atoms with Crippen molar-refractivity contribution < 1.29 is 13.5 Å². The average molecular weight is 419 g/mol. The van der Waals surface area contributed by atoms with E-state index in [0.29, 0.717) is 25.4 Å². The van der Waals surface area contributed by atoms with Gasteiger partial charge in [0.15, 0.2) is 0 Å². The van der Waals surface area contributed by atoms with Crippen molar-refractivity contribution in [3.8, 4) is 11.3 Å². The lowest BCUT2D eigenvalue weighted by molar-refractivity contribution is 0.0918. The molecule has 1 aromatic heterocycles. The molecule has 2 aromatic rings. The number of aliphatic hydroxyl groups is 1. The molecule has 29 heavy (non-hydrogen) atoms. The van der Waals surface area contributed by atoms with Gasteiger partial charge in [-0.05, 0) is 51.5 Å². The molecule has 2 aliphatic rings. The molecule has 8 heteroatoms. The van der Waals surface area contributed by atoms with Crippen molar-refractivity contribution in [1.29, 1.82) is 0 Å². The molecule has 1 aromatic carbocycles. The van der Waals surface area contributed by atoms with Gasteiger partial charge in [-0.25, -0.2) is 4.98 Å². The minimum absolute atomic E-state index is 0.131. The van der Waals surface area contributed by atoms with Crippen molar-refractivity contribution in [2.45, 2.75) is 57.7 Å². The van der Waals surface area contributed by atoms with Crippen LogP contribution in [0.2, 0.25) is 0 Å². The van der Waals surface area contributed by atoms with Gasteiger partial charge in [-0.1, -0.05) is 24.3 Å².